The number of aromatic amines is 1. The molecule has 0 spiro atoms. The molecule has 2 saturated heterocycles. The number of benzene rings is 1. The van der Waals surface area contributed by atoms with Gasteiger partial charge in [-0.15, -0.1) is 0 Å². The summed E-state index contributed by atoms with van der Waals surface area (Å²) >= 11 is 0. The third-order valence-electron chi connectivity index (χ3n) is 5.77. The zero-order valence-electron chi connectivity index (χ0n) is 16.4. The van der Waals surface area contributed by atoms with Gasteiger partial charge in [0.05, 0.1) is 12.8 Å². The summed E-state index contributed by atoms with van der Waals surface area (Å²) < 4.78 is 5.22. The van der Waals surface area contributed by atoms with Gasteiger partial charge in [0.25, 0.3) is 5.56 Å². The Kier molecular flexibility index (Phi) is 5.52. The van der Waals surface area contributed by atoms with Crippen molar-refractivity contribution < 1.29 is 9.84 Å². The van der Waals surface area contributed by atoms with Crippen molar-refractivity contribution in [2.24, 2.45) is 0 Å². The van der Waals surface area contributed by atoms with Crippen LogP contribution in [0.3, 0.4) is 0 Å². The summed E-state index contributed by atoms with van der Waals surface area (Å²) in [5, 5.41) is 10.4. The molecule has 1 unspecified atom stereocenters. The Hall–Kier alpha value is -2.54. The van der Waals surface area contributed by atoms with Crippen molar-refractivity contribution >= 4 is 5.95 Å². The van der Waals surface area contributed by atoms with Gasteiger partial charge in [0, 0.05) is 43.7 Å². The first kappa shape index (κ1) is 18.8. The molecule has 3 heterocycles. The van der Waals surface area contributed by atoms with Gasteiger partial charge in [-0.2, -0.15) is 0 Å². The average Bonchev–Trinajstić information content (AvgIpc) is 3.24. The summed E-state index contributed by atoms with van der Waals surface area (Å²) in [6.45, 7) is 4.36. The maximum Gasteiger partial charge on any atom is 0.252 e. The molecule has 150 valence electrons. The lowest BCUT2D eigenvalue weighted by Crippen LogP contribution is -2.35. The minimum absolute atomic E-state index is 0.0746. The highest BCUT2D eigenvalue weighted by Crippen LogP contribution is 2.32. The molecular weight excluding hydrogens is 356 g/mol. The van der Waals surface area contributed by atoms with Crippen molar-refractivity contribution in [2.45, 2.75) is 38.1 Å². The van der Waals surface area contributed by atoms with E-state index in [4.69, 9.17) is 9.72 Å². The van der Waals surface area contributed by atoms with Gasteiger partial charge in [0.15, 0.2) is 11.5 Å². The number of methoxy groups -OCH3 is 1. The number of ether oxygens (including phenoxy) is 1. The molecule has 2 fully saturated rings. The number of hydrogen-bond acceptors (Lipinski definition) is 6. The van der Waals surface area contributed by atoms with Crippen molar-refractivity contribution in [1.29, 1.82) is 0 Å². The second-order valence-electron chi connectivity index (χ2n) is 7.73. The number of H-pyrrole nitrogens is 1. The van der Waals surface area contributed by atoms with Crippen molar-refractivity contribution in [3.05, 3.63) is 45.9 Å². The predicted octanol–water partition coefficient (Wildman–Crippen LogP) is 2.46. The fraction of sp³-hybridized carbons (Fsp3) is 0.524. The molecule has 7 heteroatoms. The number of hydrogen-bond donors (Lipinski definition) is 2. The van der Waals surface area contributed by atoms with Crippen molar-refractivity contribution in [2.75, 3.05) is 38.2 Å². The molecule has 0 amide bonds. The number of phenolic OH excluding ortho intramolecular Hbond substituents is 1. The van der Waals surface area contributed by atoms with Gasteiger partial charge in [0.2, 0.25) is 5.95 Å². The Morgan fingerprint density at radius 1 is 1.25 bits per heavy atom. The topological polar surface area (TPSA) is 81.7 Å². The van der Waals surface area contributed by atoms with E-state index in [1.807, 2.05) is 12.1 Å². The molecule has 2 N–H and O–H groups in total. The van der Waals surface area contributed by atoms with E-state index in [1.54, 1.807) is 19.2 Å². The second kappa shape index (κ2) is 8.22. The molecule has 1 aromatic heterocycles. The van der Waals surface area contributed by atoms with E-state index in [0.29, 0.717) is 18.2 Å². The van der Waals surface area contributed by atoms with Crippen LogP contribution < -0.4 is 15.2 Å². The van der Waals surface area contributed by atoms with Crippen LogP contribution in [0.5, 0.6) is 11.5 Å². The van der Waals surface area contributed by atoms with E-state index in [1.165, 1.54) is 0 Å². The van der Waals surface area contributed by atoms with Gasteiger partial charge in [-0.3, -0.25) is 14.7 Å². The molecule has 0 saturated carbocycles. The van der Waals surface area contributed by atoms with E-state index in [2.05, 4.69) is 14.8 Å². The molecule has 4 rings (SSSR count). The van der Waals surface area contributed by atoms with E-state index < -0.39 is 0 Å². The predicted molar refractivity (Wildman–Crippen MR) is 108 cm³/mol. The van der Waals surface area contributed by atoms with E-state index in [-0.39, 0.29) is 17.2 Å². The van der Waals surface area contributed by atoms with Crippen LogP contribution in [0.4, 0.5) is 5.95 Å². The summed E-state index contributed by atoms with van der Waals surface area (Å²) in [6.07, 6.45) is 4.36. The molecule has 1 atom stereocenters. The van der Waals surface area contributed by atoms with E-state index >= 15 is 0 Å². The van der Waals surface area contributed by atoms with Gasteiger partial charge < -0.3 is 14.7 Å². The molecule has 0 bridgehead atoms. The lowest BCUT2D eigenvalue weighted by Gasteiger charge is -2.33. The molecule has 2 aliphatic rings. The number of phenols is 1. The Labute approximate surface area is 165 Å². The maximum atomic E-state index is 12.2. The normalized spacial score (nSPS) is 20.5. The summed E-state index contributed by atoms with van der Waals surface area (Å²) in [7, 11) is 1.56. The molecular formula is C21H28N4O3. The van der Waals surface area contributed by atoms with Crippen LogP contribution in [-0.4, -0.2) is 53.3 Å². The highest BCUT2D eigenvalue weighted by Gasteiger charge is 2.25. The van der Waals surface area contributed by atoms with Crippen molar-refractivity contribution in [3.63, 3.8) is 0 Å². The maximum absolute atomic E-state index is 12.2. The third kappa shape index (κ3) is 3.99. The van der Waals surface area contributed by atoms with Gasteiger partial charge in [-0.25, -0.2) is 4.98 Å². The van der Waals surface area contributed by atoms with Crippen LogP contribution in [0, 0.1) is 0 Å². The van der Waals surface area contributed by atoms with Gasteiger partial charge in [0.1, 0.15) is 0 Å². The number of piperidine rings is 1. The number of aromatic nitrogens is 2. The molecule has 2 aromatic rings. The summed E-state index contributed by atoms with van der Waals surface area (Å²) in [5.74, 6) is 1.64. The largest absolute Gasteiger partial charge is 0.504 e. The number of likely N-dealkylation sites (tertiary alicyclic amines) is 1. The number of anilines is 1. The molecule has 0 aliphatic carbocycles. The number of aromatic hydroxyl groups is 1. The minimum Gasteiger partial charge on any atom is -0.504 e. The highest BCUT2D eigenvalue weighted by molar-refractivity contribution is 5.45. The first-order valence-electron chi connectivity index (χ1n) is 10.1. The monoisotopic (exact) mass is 384 g/mol. The second-order valence-corrected chi connectivity index (χ2v) is 7.73. The number of nitrogens with one attached hydrogen (secondary N) is 1. The van der Waals surface area contributed by atoms with Crippen molar-refractivity contribution in [3.8, 4) is 11.5 Å². The van der Waals surface area contributed by atoms with Crippen LogP contribution >= 0.6 is 0 Å². The Balaban J connectivity index is 1.50. The van der Waals surface area contributed by atoms with Crippen LogP contribution in [0.25, 0.3) is 0 Å². The lowest BCUT2D eigenvalue weighted by molar-refractivity contribution is 0.196. The number of rotatable bonds is 5. The van der Waals surface area contributed by atoms with Crippen LogP contribution in [-0.2, 0) is 6.54 Å². The minimum atomic E-state index is -0.0746. The standard InChI is InChI=1S/C21H28N4O3/c1-28-18-8-4-6-16(20(18)27)14-24-9-5-7-15(13-24)17-12-19(26)23-21(22-17)25-10-2-3-11-25/h4,6,8,12,15,27H,2-3,5,7,9-11,13-14H2,1H3,(H,22,23,26). The number of para-hydroxylation sites is 1. The van der Waals surface area contributed by atoms with Crippen LogP contribution in [0.15, 0.2) is 29.1 Å². The quantitative estimate of drug-likeness (QED) is 0.824. The molecule has 1 aromatic carbocycles. The lowest BCUT2D eigenvalue weighted by atomic mass is 9.94. The summed E-state index contributed by atoms with van der Waals surface area (Å²) in [4.78, 5) is 24.4. The Morgan fingerprint density at radius 2 is 2.07 bits per heavy atom. The first-order valence-corrected chi connectivity index (χ1v) is 10.1. The highest BCUT2D eigenvalue weighted by atomic mass is 16.5. The SMILES string of the molecule is COc1cccc(CN2CCCC(c3cc(=O)[nH]c(N4CCCC4)n3)C2)c1O. The zero-order chi connectivity index (χ0) is 19.5. The van der Waals surface area contributed by atoms with Crippen LogP contribution in [0.1, 0.15) is 42.9 Å². The number of nitrogens with zero attached hydrogens (tertiary/aromatic N) is 3. The Morgan fingerprint density at radius 3 is 2.86 bits per heavy atom. The molecule has 28 heavy (non-hydrogen) atoms. The smallest absolute Gasteiger partial charge is 0.252 e. The van der Waals surface area contributed by atoms with E-state index in [0.717, 1.165) is 63.1 Å². The third-order valence-corrected chi connectivity index (χ3v) is 5.77. The summed E-state index contributed by atoms with van der Waals surface area (Å²) in [5.41, 5.74) is 1.66. The average molecular weight is 384 g/mol. The summed E-state index contributed by atoms with van der Waals surface area (Å²) in [6, 6.07) is 7.24. The zero-order valence-corrected chi connectivity index (χ0v) is 16.4. The fourth-order valence-corrected chi connectivity index (χ4v) is 4.29. The molecule has 0 radical (unpaired) electrons. The first-order chi connectivity index (χ1) is 13.6. The molecule has 7 nitrogen and oxygen atoms in total. The van der Waals surface area contributed by atoms with Gasteiger partial charge in [-0.05, 0) is 38.3 Å². The van der Waals surface area contributed by atoms with Crippen LogP contribution in [0.2, 0.25) is 0 Å². The van der Waals surface area contributed by atoms with Gasteiger partial charge >= 0.3 is 0 Å². The van der Waals surface area contributed by atoms with Gasteiger partial charge in [-0.1, -0.05) is 12.1 Å². The fourth-order valence-electron chi connectivity index (χ4n) is 4.29. The Bertz CT molecular complexity index is 876. The van der Waals surface area contributed by atoms with E-state index in [9.17, 15) is 9.90 Å². The molecule has 2 aliphatic heterocycles. The van der Waals surface area contributed by atoms with Crippen molar-refractivity contribution in [1.82, 2.24) is 14.9 Å².